The highest BCUT2D eigenvalue weighted by Crippen LogP contribution is 2.29. The van der Waals surface area contributed by atoms with E-state index >= 15 is 0 Å². The lowest BCUT2D eigenvalue weighted by Gasteiger charge is -2.45. The van der Waals surface area contributed by atoms with E-state index in [4.69, 9.17) is 23.7 Å². The van der Waals surface area contributed by atoms with Gasteiger partial charge in [0.25, 0.3) is 5.95 Å². The summed E-state index contributed by atoms with van der Waals surface area (Å²) in [5.74, 6) is -3.06. The molecule has 1 saturated heterocycles. The van der Waals surface area contributed by atoms with Crippen LogP contribution in [0.15, 0.2) is 36.8 Å². The van der Waals surface area contributed by atoms with Crippen LogP contribution in [0.3, 0.4) is 0 Å². The van der Waals surface area contributed by atoms with Crippen molar-refractivity contribution in [1.29, 1.82) is 0 Å². The average molecular weight is 455 g/mol. The molecule has 176 valence electrons. The van der Waals surface area contributed by atoms with E-state index in [1.807, 2.05) is 0 Å². The van der Waals surface area contributed by atoms with Gasteiger partial charge in [-0.2, -0.15) is 0 Å². The first kappa shape index (κ1) is 25.1. The molecule has 1 aliphatic rings. The molecule has 2 rings (SSSR count). The van der Waals surface area contributed by atoms with Crippen LogP contribution in [0.2, 0.25) is 0 Å². The molecule has 0 saturated carbocycles. The van der Waals surface area contributed by atoms with E-state index in [2.05, 4.69) is 11.9 Å². The van der Waals surface area contributed by atoms with E-state index < -0.39 is 60.3 Å². The zero-order valence-electron chi connectivity index (χ0n) is 17.9. The Morgan fingerprint density at radius 2 is 1.81 bits per heavy atom. The molecule has 0 bridgehead atoms. The second-order valence-corrected chi connectivity index (χ2v) is 7.02. The van der Waals surface area contributed by atoms with E-state index in [1.54, 1.807) is 6.07 Å². The van der Waals surface area contributed by atoms with Crippen molar-refractivity contribution in [1.82, 2.24) is 5.32 Å². The molecule has 1 fully saturated rings. The Morgan fingerprint density at radius 1 is 1.12 bits per heavy atom. The molecule has 0 radical (unpaired) electrons. The van der Waals surface area contributed by atoms with Crippen LogP contribution in [0, 0.1) is 5.82 Å². The summed E-state index contributed by atoms with van der Waals surface area (Å²) in [6, 6.07) is 4.80. The Labute approximate surface area is 184 Å². The van der Waals surface area contributed by atoms with Crippen molar-refractivity contribution in [3.63, 3.8) is 0 Å². The number of esters is 2. The number of amides is 1. The fourth-order valence-electron chi connectivity index (χ4n) is 3.19. The monoisotopic (exact) mass is 455 g/mol. The van der Waals surface area contributed by atoms with Gasteiger partial charge in [0, 0.05) is 26.3 Å². The minimum Gasteiger partial charge on any atom is -0.481 e. The van der Waals surface area contributed by atoms with Crippen molar-refractivity contribution in [3.8, 4) is 0 Å². The van der Waals surface area contributed by atoms with Crippen molar-refractivity contribution in [2.45, 2.75) is 58.0 Å². The lowest BCUT2D eigenvalue weighted by Crippen LogP contribution is -2.66. The van der Waals surface area contributed by atoms with Gasteiger partial charge in [0.05, 0.1) is 6.61 Å². The highest BCUT2D eigenvalue weighted by atomic mass is 19.1. The summed E-state index contributed by atoms with van der Waals surface area (Å²) in [5, 5.41) is 12.2. The summed E-state index contributed by atoms with van der Waals surface area (Å²) in [5.41, 5.74) is 0.223. The number of ether oxygens (including phenoxy) is 5. The summed E-state index contributed by atoms with van der Waals surface area (Å²) < 4.78 is 41.2. The van der Waals surface area contributed by atoms with Crippen LogP contribution >= 0.6 is 0 Å². The Kier molecular flexibility index (Phi) is 8.97. The van der Waals surface area contributed by atoms with Gasteiger partial charge in [0.2, 0.25) is 5.91 Å². The second kappa shape index (κ2) is 11.4. The number of halogens is 1. The predicted molar refractivity (Wildman–Crippen MR) is 106 cm³/mol. The molecule has 1 aromatic rings. The number of carbonyl (C=O) groups excluding carboxylic acids is 3. The third kappa shape index (κ3) is 7.20. The fourth-order valence-corrected chi connectivity index (χ4v) is 3.19. The molecule has 1 heterocycles. The van der Waals surface area contributed by atoms with Crippen LogP contribution in [0.5, 0.6) is 0 Å². The van der Waals surface area contributed by atoms with E-state index in [1.165, 1.54) is 32.0 Å². The normalized spacial score (nSPS) is 24.8. The summed E-state index contributed by atoms with van der Waals surface area (Å²) in [7, 11) is 0. The minimum atomic E-state index is -1.25. The zero-order chi connectivity index (χ0) is 23.8. The Bertz CT molecular complexity index is 846. The molecular formula is C21H26FNO9. The number of aliphatic hydroxyl groups excluding tert-OH is 1. The summed E-state index contributed by atoms with van der Waals surface area (Å²) in [6.45, 7) is 6.21. The molecule has 0 unspecified atom stereocenters. The van der Waals surface area contributed by atoms with Crippen LogP contribution < -0.4 is 5.32 Å². The van der Waals surface area contributed by atoms with E-state index in [-0.39, 0.29) is 18.8 Å². The predicted octanol–water partition coefficient (Wildman–Crippen LogP) is 1.48. The molecule has 5 atom stereocenters. The molecule has 1 amide bonds. The summed E-state index contributed by atoms with van der Waals surface area (Å²) >= 11 is 0. The van der Waals surface area contributed by atoms with Gasteiger partial charge in [-0.05, 0) is 12.6 Å². The second-order valence-electron chi connectivity index (χ2n) is 7.02. The van der Waals surface area contributed by atoms with Crippen molar-refractivity contribution in [3.05, 3.63) is 48.2 Å². The SMILES string of the molecule is C=C(O)O[C@H]1[C@@H](OC(C)=O)[C@H](NC(C)=O)[C@@H](OCc2ccccc2F)O[C@H]1COC(C)=O. The maximum Gasteiger partial charge on any atom is 0.303 e. The van der Waals surface area contributed by atoms with Crippen LogP contribution in [0.4, 0.5) is 4.39 Å². The van der Waals surface area contributed by atoms with Crippen LogP contribution in [-0.2, 0) is 44.7 Å². The molecule has 1 aliphatic heterocycles. The van der Waals surface area contributed by atoms with E-state index in [0.29, 0.717) is 0 Å². The van der Waals surface area contributed by atoms with Crippen molar-refractivity contribution in [2.24, 2.45) is 0 Å². The van der Waals surface area contributed by atoms with Crippen LogP contribution in [-0.4, -0.2) is 60.2 Å². The highest BCUT2D eigenvalue weighted by Gasteiger charge is 2.51. The van der Waals surface area contributed by atoms with Gasteiger partial charge < -0.3 is 34.1 Å². The van der Waals surface area contributed by atoms with Gasteiger partial charge in [0.1, 0.15) is 24.6 Å². The van der Waals surface area contributed by atoms with Gasteiger partial charge in [0.15, 0.2) is 18.5 Å². The van der Waals surface area contributed by atoms with E-state index in [0.717, 1.165) is 6.92 Å². The molecule has 0 aliphatic carbocycles. The van der Waals surface area contributed by atoms with Gasteiger partial charge >= 0.3 is 11.9 Å². The topological polar surface area (TPSA) is 130 Å². The van der Waals surface area contributed by atoms with Crippen molar-refractivity contribution >= 4 is 17.8 Å². The number of hydrogen-bond acceptors (Lipinski definition) is 9. The molecule has 0 aromatic heterocycles. The molecule has 10 nitrogen and oxygen atoms in total. The highest BCUT2D eigenvalue weighted by molar-refractivity contribution is 5.73. The quantitative estimate of drug-likeness (QED) is 0.420. The first-order chi connectivity index (χ1) is 15.1. The minimum absolute atomic E-state index is 0.223. The Hall–Kier alpha value is -3.18. The van der Waals surface area contributed by atoms with Gasteiger partial charge in [-0.15, -0.1) is 0 Å². The number of rotatable bonds is 9. The average Bonchev–Trinajstić information content (AvgIpc) is 2.68. The number of aliphatic hydroxyl groups is 1. The molecule has 0 spiro atoms. The van der Waals surface area contributed by atoms with Crippen LogP contribution in [0.1, 0.15) is 26.3 Å². The molecular weight excluding hydrogens is 429 g/mol. The summed E-state index contributed by atoms with van der Waals surface area (Å²) in [6.07, 6.45) is -4.81. The van der Waals surface area contributed by atoms with Gasteiger partial charge in [-0.3, -0.25) is 14.4 Å². The molecule has 11 heteroatoms. The van der Waals surface area contributed by atoms with Gasteiger partial charge in [-0.1, -0.05) is 18.2 Å². The number of benzene rings is 1. The fraction of sp³-hybridized carbons (Fsp3) is 0.476. The number of carbonyl (C=O) groups is 3. The standard InChI is InChI=1S/C21H26FNO9/c1-11(24)23-18-20(31-14(4)27)19(30-13(3)26)17(10-28-12(2)25)32-21(18)29-9-15-7-5-6-8-16(15)22/h5-8,17-21,26H,3,9-10H2,1-2,4H3,(H,23,24)/t17-,18-,19+,20-,21-/m0/s1. The first-order valence-corrected chi connectivity index (χ1v) is 9.71. The van der Waals surface area contributed by atoms with Gasteiger partial charge in [-0.25, -0.2) is 4.39 Å². The molecule has 32 heavy (non-hydrogen) atoms. The lowest BCUT2D eigenvalue weighted by molar-refractivity contribution is -0.283. The smallest absolute Gasteiger partial charge is 0.303 e. The number of hydrogen-bond donors (Lipinski definition) is 2. The summed E-state index contributed by atoms with van der Waals surface area (Å²) in [4.78, 5) is 34.9. The third-order valence-corrected chi connectivity index (χ3v) is 4.40. The molecule has 1 aromatic carbocycles. The van der Waals surface area contributed by atoms with E-state index in [9.17, 15) is 23.9 Å². The lowest BCUT2D eigenvalue weighted by atomic mass is 9.96. The maximum atomic E-state index is 14.0. The van der Waals surface area contributed by atoms with Crippen molar-refractivity contribution in [2.75, 3.05) is 6.61 Å². The zero-order valence-corrected chi connectivity index (χ0v) is 17.9. The van der Waals surface area contributed by atoms with Crippen LogP contribution in [0.25, 0.3) is 0 Å². The largest absolute Gasteiger partial charge is 0.481 e. The third-order valence-electron chi connectivity index (χ3n) is 4.40. The Balaban J connectivity index is 2.37. The Morgan fingerprint density at radius 3 is 2.38 bits per heavy atom. The number of nitrogens with one attached hydrogen (secondary N) is 1. The molecule has 2 N–H and O–H groups in total. The van der Waals surface area contributed by atoms with Crippen molar-refractivity contribution < 1.29 is 47.6 Å². The first-order valence-electron chi connectivity index (χ1n) is 9.71. The maximum absolute atomic E-state index is 14.0.